The summed E-state index contributed by atoms with van der Waals surface area (Å²) in [4.78, 5) is 0. The van der Waals surface area contributed by atoms with Crippen molar-refractivity contribution in [2.24, 2.45) is 0 Å². The van der Waals surface area contributed by atoms with Crippen LogP contribution >= 0.6 is 0 Å². The molecule has 0 heterocycles. The maximum Gasteiger partial charge on any atom is 0.192 e. The molecule has 0 saturated heterocycles. The van der Waals surface area contributed by atoms with E-state index in [9.17, 15) is 5.11 Å². The second-order valence-corrected chi connectivity index (χ2v) is 11.0. The Kier molecular flexibility index (Phi) is 6.83. The maximum absolute atomic E-state index is 9.80. The lowest BCUT2D eigenvalue weighted by Gasteiger charge is -2.36. The Bertz CT molecular complexity index is 185. The topological polar surface area (TPSA) is 29.5 Å². The molecule has 0 bridgehead atoms. The van der Waals surface area contributed by atoms with Gasteiger partial charge in [-0.25, -0.2) is 0 Å². The first kappa shape index (κ1) is 16.1. The highest BCUT2D eigenvalue weighted by atomic mass is 28.4. The van der Waals surface area contributed by atoms with Crippen LogP contribution in [0.15, 0.2) is 0 Å². The molecule has 1 unspecified atom stereocenters. The van der Waals surface area contributed by atoms with E-state index in [2.05, 4.69) is 40.8 Å². The fourth-order valence-corrected chi connectivity index (χ4v) is 2.28. The van der Waals surface area contributed by atoms with E-state index in [4.69, 9.17) is 4.43 Å². The SMILES string of the molecule is CCCCCC(O)CO[Si](C)(C)C(C)(C)C. The minimum absolute atomic E-state index is 0.232. The van der Waals surface area contributed by atoms with E-state index in [1.807, 2.05) is 0 Å². The van der Waals surface area contributed by atoms with E-state index >= 15 is 0 Å². The zero-order chi connectivity index (χ0) is 12.8. The summed E-state index contributed by atoms with van der Waals surface area (Å²) in [6.07, 6.45) is 4.12. The highest BCUT2D eigenvalue weighted by Gasteiger charge is 2.37. The lowest BCUT2D eigenvalue weighted by molar-refractivity contribution is 0.0907. The van der Waals surface area contributed by atoms with E-state index in [0.717, 1.165) is 12.8 Å². The van der Waals surface area contributed by atoms with Gasteiger partial charge in [-0.15, -0.1) is 0 Å². The van der Waals surface area contributed by atoms with Gasteiger partial charge in [0.2, 0.25) is 0 Å². The molecule has 0 fully saturated rings. The van der Waals surface area contributed by atoms with Gasteiger partial charge in [0.05, 0.1) is 12.7 Å². The van der Waals surface area contributed by atoms with Crippen molar-refractivity contribution in [2.75, 3.05) is 6.61 Å². The molecule has 98 valence electrons. The van der Waals surface area contributed by atoms with E-state index in [-0.39, 0.29) is 11.1 Å². The Morgan fingerprint density at radius 3 is 2.19 bits per heavy atom. The van der Waals surface area contributed by atoms with E-state index in [1.165, 1.54) is 12.8 Å². The first-order valence-corrected chi connectivity index (χ1v) is 9.43. The van der Waals surface area contributed by atoms with Crippen LogP contribution in [-0.2, 0) is 4.43 Å². The zero-order valence-electron chi connectivity index (χ0n) is 12.0. The molecule has 1 N–H and O–H groups in total. The summed E-state index contributed by atoms with van der Waals surface area (Å²) in [6.45, 7) is 13.8. The smallest absolute Gasteiger partial charge is 0.192 e. The largest absolute Gasteiger partial charge is 0.414 e. The minimum atomic E-state index is -1.68. The molecule has 2 nitrogen and oxygen atoms in total. The quantitative estimate of drug-likeness (QED) is 0.544. The monoisotopic (exact) mass is 246 g/mol. The van der Waals surface area contributed by atoms with Crippen molar-refractivity contribution in [2.45, 2.75) is 77.6 Å². The zero-order valence-corrected chi connectivity index (χ0v) is 13.0. The van der Waals surface area contributed by atoms with Crippen molar-refractivity contribution in [3.8, 4) is 0 Å². The second-order valence-electron chi connectivity index (χ2n) is 6.22. The lowest BCUT2D eigenvalue weighted by Crippen LogP contribution is -2.42. The summed E-state index contributed by atoms with van der Waals surface area (Å²) in [6, 6.07) is 0. The van der Waals surface area contributed by atoms with Gasteiger partial charge >= 0.3 is 0 Å². The van der Waals surface area contributed by atoms with Crippen molar-refractivity contribution in [1.82, 2.24) is 0 Å². The Morgan fingerprint density at radius 2 is 1.75 bits per heavy atom. The van der Waals surface area contributed by atoms with Gasteiger partial charge in [0.15, 0.2) is 8.32 Å². The van der Waals surface area contributed by atoms with Crippen LogP contribution in [0.4, 0.5) is 0 Å². The highest BCUT2D eigenvalue weighted by Crippen LogP contribution is 2.36. The summed E-state index contributed by atoms with van der Waals surface area (Å²) in [5.41, 5.74) is 0. The molecule has 0 spiro atoms. The molecule has 1 atom stereocenters. The Hall–Kier alpha value is 0.137. The van der Waals surface area contributed by atoms with Gasteiger partial charge in [0.1, 0.15) is 0 Å². The number of aliphatic hydroxyl groups is 1. The Balaban J connectivity index is 3.86. The molecule has 0 aliphatic heterocycles. The molecule has 0 aromatic carbocycles. The highest BCUT2D eigenvalue weighted by molar-refractivity contribution is 6.74. The summed E-state index contributed by atoms with van der Waals surface area (Å²) in [5.74, 6) is 0. The third-order valence-electron chi connectivity index (χ3n) is 3.58. The Labute approximate surface area is 103 Å². The van der Waals surface area contributed by atoms with Crippen molar-refractivity contribution in [3.05, 3.63) is 0 Å². The van der Waals surface area contributed by atoms with Crippen molar-refractivity contribution in [3.63, 3.8) is 0 Å². The molecule has 0 rings (SSSR count). The number of aliphatic hydroxyl groups excluding tert-OH is 1. The van der Waals surface area contributed by atoms with Gasteiger partial charge in [-0.2, -0.15) is 0 Å². The summed E-state index contributed by atoms with van der Waals surface area (Å²) in [7, 11) is -1.68. The van der Waals surface area contributed by atoms with Crippen LogP contribution in [0.3, 0.4) is 0 Å². The number of hydrogen-bond acceptors (Lipinski definition) is 2. The van der Waals surface area contributed by atoms with Crippen LogP contribution in [0.5, 0.6) is 0 Å². The third-order valence-corrected chi connectivity index (χ3v) is 8.08. The van der Waals surface area contributed by atoms with Gasteiger partial charge < -0.3 is 9.53 Å². The van der Waals surface area contributed by atoms with E-state index in [0.29, 0.717) is 6.61 Å². The molecule has 0 aliphatic carbocycles. The summed E-state index contributed by atoms with van der Waals surface area (Å²) >= 11 is 0. The fraction of sp³-hybridized carbons (Fsp3) is 1.00. The molecule has 0 saturated carbocycles. The molecule has 16 heavy (non-hydrogen) atoms. The molecule has 0 aromatic heterocycles. The molecular formula is C13H30O2Si. The third kappa shape index (κ3) is 6.02. The van der Waals surface area contributed by atoms with Crippen LogP contribution in [0.2, 0.25) is 18.1 Å². The number of rotatable bonds is 7. The van der Waals surface area contributed by atoms with Crippen LogP contribution in [0, 0.1) is 0 Å². The number of hydrogen-bond donors (Lipinski definition) is 1. The Morgan fingerprint density at radius 1 is 1.19 bits per heavy atom. The minimum Gasteiger partial charge on any atom is -0.414 e. The van der Waals surface area contributed by atoms with Crippen LogP contribution in [-0.4, -0.2) is 26.1 Å². The normalized spacial score (nSPS) is 15.2. The lowest BCUT2D eigenvalue weighted by atomic mass is 10.1. The van der Waals surface area contributed by atoms with Gasteiger partial charge in [0, 0.05) is 0 Å². The molecule has 0 amide bonds. The number of unbranched alkanes of at least 4 members (excludes halogenated alkanes) is 2. The van der Waals surface area contributed by atoms with Crippen molar-refractivity contribution < 1.29 is 9.53 Å². The maximum atomic E-state index is 9.80. The van der Waals surface area contributed by atoms with Gasteiger partial charge in [-0.05, 0) is 24.6 Å². The molecule has 0 aliphatic rings. The first-order chi connectivity index (χ1) is 7.20. The van der Waals surface area contributed by atoms with Gasteiger partial charge in [-0.1, -0.05) is 47.0 Å². The van der Waals surface area contributed by atoms with Crippen LogP contribution < -0.4 is 0 Å². The summed E-state index contributed by atoms with van der Waals surface area (Å²) in [5, 5.41) is 10.0. The van der Waals surface area contributed by atoms with E-state index < -0.39 is 8.32 Å². The van der Waals surface area contributed by atoms with Crippen molar-refractivity contribution >= 4 is 8.32 Å². The molecule has 0 radical (unpaired) electrons. The first-order valence-electron chi connectivity index (χ1n) is 6.52. The predicted molar refractivity (Wildman–Crippen MR) is 73.3 cm³/mol. The van der Waals surface area contributed by atoms with Crippen LogP contribution in [0.1, 0.15) is 53.4 Å². The molecular weight excluding hydrogens is 216 g/mol. The average molecular weight is 246 g/mol. The fourth-order valence-electron chi connectivity index (χ4n) is 1.23. The van der Waals surface area contributed by atoms with Crippen LogP contribution in [0.25, 0.3) is 0 Å². The molecule has 3 heteroatoms. The second kappa shape index (κ2) is 6.77. The molecule has 0 aromatic rings. The van der Waals surface area contributed by atoms with E-state index in [1.54, 1.807) is 0 Å². The van der Waals surface area contributed by atoms with Gasteiger partial charge in [0.25, 0.3) is 0 Å². The summed E-state index contributed by atoms with van der Waals surface area (Å²) < 4.78 is 5.98. The van der Waals surface area contributed by atoms with Crippen molar-refractivity contribution in [1.29, 1.82) is 0 Å². The van der Waals surface area contributed by atoms with Gasteiger partial charge in [-0.3, -0.25) is 0 Å². The standard InChI is InChI=1S/C13H30O2Si/c1-7-8-9-10-12(14)11-15-16(5,6)13(2,3)4/h12,14H,7-11H2,1-6H3. The average Bonchev–Trinajstić information content (AvgIpc) is 2.13. The predicted octanol–water partition coefficient (Wildman–Crippen LogP) is 3.95.